The predicted octanol–water partition coefficient (Wildman–Crippen LogP) is 7.68. The van der Waals surface area contributed by atoms with Crippen molar-refractivity contribution in [3.8, 4) is 0 Å². The van der Waals surface area contributed by atoms with Gasteiger partial charge in [0.1, 0.15) is 12.7 Å². The van der Waals surface area contributed by atoms with Crippen molar-refractivity contribution in [2.24, 2.45) is 52.3 Å². The summed E-state index contributed by atoms with van der Waals surface area (Å²) >= 11 is 0. The van der Waals surface area contributed by atoms with Crippen LogP contribution >= 0.6 is 0 Å². The first-order chi connectivity index (χ1) is 20.5. The molecule has 0 aliphatic heterocycles. The normalized spacial score (nSPS) is 35.1. The number of hydrogen-bond acceptors (Lipinski definition) is 6. The highest BCUT2D eigenvalue weighted by Gasteiger charge is 2.59. The molecule has 6 heteroatoms. The van der Waals surface area contributed by atoms with Crippen LogP contribution < -0.4 is 0 Å². The van der Waals surface area contributed by atoms with Crippen molar-refractivity contribution in [3.63, 3.8) is 0 Å². The highest BCUT2D eigenvalue weighted by molar-refractivity contribution is 5.77. The van der Waals surface area contributed by atoms with Crippen molar-refractivity contribution in [3.05, 3.63) is 23.8 Å². The maximum absolute atomic E-state index is 12.6. The van der Waals surface area contributed by atoms with E-state index in [-0.39, 0.29) is 56.8 Å². The van der Waals surface area contributed by atoms with Crippen molar-refractivity contribution in [1.82, 2.24) is 0 Å². The monoisotopic (exact) mass is 600 g/mol. The quantitative estimate of drug-likeness (QED) is 0.125. The minimum absolute atomic E-state index is 0.0161. The molecule has 4 rings (SSSR count). The molecule has 3 saturated carbocycles. The number of aliphatic hydroxyl groups excluding tert-OH is 1. The summed E-state index contributed by atoms with van der Waals surface area (Å²) in [5.41, 5.74) is 2.16. The SMILES string of the molecule is CC[C@H](C=C[C@@H](C)[C@H]1CCC2C3CC=C4C[C@@H](OC(=O)CCC(=O)OCCOCCO)CC[C@]4(C)C3CC[C@@]21C)C(C)C. The Kier molecular flexibility index (Phi) is 12.0. The largest absolute Gasteiger partial charge is 0.463 e. The lowest BCUT2D eigenvalue weighted by atomic mass is 9.47. The first-order valence-electron chi connectivity index (χ1n) is 17.4. The van der Waals surface area contributed by atoms with E-state index in [4.69, 9.17) is 19.3 Å². The Hall–Kier alpha value is -1.66. The molecule has 9 atom stereocenters. The Labute approximate surface area is 261 Å². The van der Waals surface area contributed by atoms with E-state index in [1.165, 1.54) is 44.1 Å². The van der Waals surface area contributed by atoms with E-state index in [1.54, 1.807) is 0 Å². The number of carbonyl (C=O) groups excluding carboxylic acids is 2. The van der Waals surface area contributed by atoms with Gasteiger partial charge in [-0.25, -0.2) is 0 Å². The molecule has 0 aromatic rings. The molecule has 0 heterocycles. The Balaban J connectivity index is 1.30. The van der Waals surface area contributed by atoms with Crippen LogP contribution in [0.1, 0.15) is 112 Å². The highest BCUT2D eigenvalue weighted by atomic mass is 16.6. The molecule has 6 nitrogen and oxygen atoms in total. The molecule has 0 bridgehead atoms. The smallest absolute Gasteiger partial charge is 0.306 e. The van der Waals surface area contributed by atoms with Gasteiger partial charge in [0.15, 0.2) is 0 Å². The Morgan fingerprint density at radius 1 is 0.977 bits per heavy atom. The molecular weight excluding hydrogens is 540 g/mol. The third kappa shape index (κ3) is 7.77. The van der Waals surface area contributed by atoms with E-state index in [0.717, 1.165) is 42.9 Å². The average molecular weight is 601 g/mol. The zero-order chi connectivity index (χ0) is 31.2. The van der Waals surface area contributed by atoms with Crippen molar-refractivity contribution >= 4 is 11.9 Å². The van der Waals surface area contributed by atoms with Gasteiger partial charge in [0.05, 0.1) is 32.7 Å². The van der Waals surface area contributed by atoms with Gasteiger partial charge in [-0.15, -0.1) is 0 Å². The molecule has 0 radical (unpaired) electrons. The van der Waals surface area contributed by atoms with Gasteiger partial charge in [-0.3, -0.25) is 9.59 Å². The molecule has 4 aliphatic carbocycles. The molecule has 4 aliphatic rings. The van der Waals surface area contributed by atoms with Crippen molar-refractivity contribution in [1.29, 1.82) is 0 Å². The summed E-state index contributed by atoms with van der Waals surface area (Å²) in [6.45, 7) is 15.2. The van der Waals surface area contributed by atoms with Gasteiger partial charge in [0.2, 0.25) is 0 Å². The Bertz CT molecular complexity index is 1000. The lowest BCUT2D eigenvalue weighted by molar-refractivity contribution is -0.155. The van der Waals surface area contributed by atoms with Crippen LogP contribution in [0.2, 0.25) is 0 Å². The number of fused-ring (bicyclic) bond motifs is 5. The first-order valence-corrected chi connectivity index (χ1v) is 17.4. The van der Waals surface area contributed by atoms with Gasteiger partial charge < -0.3 is 19.3 Å². The molecule has 3 unspecified atom stereocenters. The standard InChI is InChI=1S/C37H60O6/c1-7-27(25(2)3)9-8-26(4)31-12-13-32-30-11-10-28-24-29(16-18-36(28,5)33(30)17-19-37(31,32)6)43-35(40)15-14-34(39)42-23-22-41-21-20-38/h8-10,25-27,29-33,38H,7,11-24H2,1-6H3/t26-,27-,29+,30?,31-,32?,33?,36+,37-/m1/s1. The third-order valence-electron chi connectivity index (χ3n) is 12.3. The molecular formula is C37H60O6. The van der Waals surface area contributed by atoms with Crippen LogP contribution in [0.4, 0.5) is 0 Å². The maximum Gasteiger partial charge on any atom is 0.306 e. The Morgan fingerprint density at radius 2 is 1.74 bits per heavy atom. The second kappa shape index (κ2) is 15.1. The van der Waals surface area contributed by atoms with Gasteiger partial charge in [0.25, 0.3) is 0 Å². The molecule has 0 amide bonds. The topological polar surface area (TPSA) is 82.1 Å². The fourth-order valence-corrected chi connectivity index (χ4v) is 9.82. The summed E-state index contributed by atoms with van der Waals surface area (Å²) in [7, 11) is 0. The lowest BCUT2D eigenvalue weighted by Gasteiger charge is -2.58. The Morgan fingerprint density at radius 3 is 2.47 bits per heavy atom. The van der Waals surface area contributed by atoms with Crippen molar-refractivity contribution in [2.45, 2.75) is 118 Å². The second-order valence-corrected chi connectivity index (χ2v) is 15.0. The number of rotatable bonds is 14. The zero-order valence-electron chi connectivity index (χ0n) is 27.9. The van der Waals surface area contributed by atoms with Crippen LogP contribution in [-0.4, -0.2) is 49.6 Å². The number of esters is 2. The van der Waals surface area contributed by atoms with Crippen molar-refractivity contribution < 1.29 is 28.9 Å². The number of hydrogen-bond donors (Lipinski definition) is 1. The number of ether oxygens (including phenoxy) is 3. The van der Waals surface area contributed by atoms with Crippen LogP contribution in [0.25, 0.3) is 0 Å². The molecule has 1 N–H and O–H groups in total. The fourth-order valence-electron chi connectivity index (χ4n) is 9.82. The van der Waals surface area contributed by atoms with E-state index in [1.807, 2.05) is 0 Å². The number of allylic oxidation sites excluding steroid dienone is 3. The molecule has 0 saturated heterocycles. The molecule has 43 heavy (non-hydrogen) atoms. The van der Waals surface area contributed by atoms with Crippen LogP contribution in [0.3, 0.4) is 0 Å². The minimum Gasteiger partial charge on any atom is -0.463 e. The lowest BCUT2D eigenvalue weighted by Crippen LogP contribution is -2.51. The first kappa shape index (κ1) is 34.2. The molecule has 0 spiro atoms. The summed E-state index contributed by atoms with van der Waals surface area (Å²) < 4.78 is 16.0. The summed E-state index contributed by atoms with van der Waals surface area (Å²) in [4.78, 5) is 24.5. The van der Waals surface area contributed by atoms with Gasteiger partial charge in [-0.2, -0.15) is 0 Å². The van der Waals surface area contributed by atoms with Gasteiger partial charge in [-0.05, 0) is 104 Å². The van der Waals surface area contributed by atoms with Crippen LogP contribution in [-0.2, 0) is 23.8 Å². The van der Waals surface area contributed by atoms with Crippen molar-refractivity contribution in [2.75, 3.05) is 26.4 Å². The van der Waals surface area contributed by atoms with E-state index < -0.39 is 5.97 Å². The van der Waals surface area contributed by atoms with Gasteiger partial charge in [0, 0.05) is 6.42 Å². The molecule has 0 aromatic carbocycles. The van der Waals surface area contributed by atoms with E-state index >= 15 is 0 Å². The van der Waals surface area contributed by atoms with E-state index in [0.29, 0.717) is 23.2 Å². The van der Waals surface area contributed by atoms with Crippen LogP contribution in [0.15, 0.2) is 23.8 Å². The second-order valence-electron chi connectivity index (χ2n) is 15.0. The molecule has 3 fully saturated rings. The highest BCUT2D eigenvalue weighted by Crippen LogP contribution is 2.67. The van der Waals surface area contributed by atoms with Gasteiger partial charge >= 0.3 is 11.9 Å². The maximum atomic E-state index is 12.6. The summed E-state index contributed by atoms with van der Waals surface area (Å²) in [6, 6.07) is 0. The minimum atomic E-state index is -0.425. The molecule has 0 aromatic heterocycles. The summed E-state index contributed by atoms with van der Waals surface area (Å²) in [6.07, 6.45) is 18.2. The average Bonchev–Trinajstić information content (AvgIpc) is 3.33. The van der Waals surface area contributed by atoms with Crippen LogP contribution in [0.5, 0.6) is 0 Å². The summed E-state index contributed by atoms with van der Waals surface area (Å²) in [5, 5.41) is 8.71. The van der Waals surface area contributed by atoms with E-state index in [2.05, 4.69) is 59.8 Å². The predicted molar refractivity (Wildman–Crippen MR) is 170 cm³/mol. The van der Waals surface area contributed by atoms with Crippen LogP contribution in [0, 0.1) is 52.3 Å². The fraction of sp³-hybridized carbons (Fsp3) is 0.838. The number of aliphatic hydroxyl groups is 1. The van der Waals surface area contributed by atoms with Gasteiger partial charge in [-0.1, -0.05) is 65.3 Å². The number of carbonyl (C=O) groups is 2. The van der Waals surface area contributed by atoms with E-state index in [9.17, 15) is 9.59 Å². The zero-order valence-corrected chi connectivity index (χ0v) is 27.9. The third-order valence-corrected chi connectivity index (χ3v) is 12.3. The molecule has 244 valence electrons. The summed E-state index contributed by atoms with van der Waals surface area (Å²) in [5.74, 6) is 4.38.